The van der Waals surface area contributed by atoms with E-state index in [9.17, 15) is 18.8 Å². The summed E-state index contributed by atoms with van der Waals surface area (Å²) in [6.45, 7) is 3.03. The number of carbonyl (C=O) groups excluding carboxylic acids is 3. The van der Waals surface area contributed by atoms with Gasteiger partial charge in [0.2, 0.25) is 5.91 Å². The van der Waals surface area contributed by atoms with Crippen molar-refractivity contribution in [2.75, 3.05) is 38.2 Å². The minimum atomic E-state index is -0.403. The van der Waals surface area contributed by atoms with Gasteiger partial charge in [-0.05, 0) is 87.0 Å². The zero-order valence-corrected chi connectivity index (χ0v) is 20.6. The first kappa shape index (κ1) is 24.4. The van der Waals surface area contributed by atoms with Gasteiger partial charge in [0.1, 0.15) is 11.6 Å². The van der Waals surface area contributed by atoms with Crippen molar-refractivity contribution in [3.8, 4) is 5.75 Å². The first-order chi connectivity index (χ1) is 17.4. The summed E-state index contributed by atoms with van der Waals surface area (Å²) in [4.78, 5) is 44.0. The van der Waals surface area contributed by atoms with Crippen molar-refractivity contribution in [2.45, 2.75) is 38.1 Å². The molecule has 0 N–H and O–H groups in total. The highest BCUT2D eigenvalue weighted by molar-refractivity contribution is 6.22. The van der Waals surface area contributed by atoms with Crippen molar-refractivity contribution in [1.82, 2.24) is 9.80 Å². The summed E-state index contributed by atoms with van der Waals surface area (Å²) in [5, 5.41) is 0. The lowest BCUT2D eigenvalue weighted by Gasteiger charge is -2.41. The number of rotatable bonds is 5. The van der Waals surface area contributed by atoms with Gasteiger partial charge in [-0.3, -0.25) is 19.3 Å². The van der Waals surface area contributed by atoms with Crippen LogP contribution >= 0.6 is 0 Å². The van der Waals surface area contributed by atoms with Gasteiger partial charge >= 0.3 is 0 Å². The highest BCUT2D eigenvalue weighted by Crippen LogP contribution is 2.35. The third-order valence-corrected chi connectivity index (χ3v) is 8.03. The summed E-state index contributed by atoms with van der Waals surface area (Å²) in [5.74, 6) is 1.03. The molecule has 3 heterocycles. The molecule has 5 rings (SSSR count). The first-order valence-corrected chi connectivity index (χ1v) is 12.7. The Morgan fingerprint density at radius 2 is 1.56 bits per heavy atom. The fourth-order valence-corrected chi connectivity index (χ4v) is 5.97. The molecule has 0 radical (unpaired) electrons. The smallest absolute Gasteiger partial charge is 0.253 e. The van der Waals surface area contributed by atoms with Crippen LogP contribution in [0.5, 0.6) is 5.75 Å². The molecule has 3 saturated heterocycles. The van der Waals surface area contributed by atoms with E-state index in [1.165, 1.54) is 17.0 Å². The van der Waals surface area contributed by atoms with Gasteiger partial charge in [0.05, 0.1) is 25.3 Å². The lowest BCUT2D eigenvalue weighted by molar-refractivity contribution is -0.123. The molecule has 3 aliphatic heterocycles. The third kappa shape index (κ3) is 4.87. The number of ether oxygens (including phenoxy) is 1. The average molecular weight is 494 g/mol. The lowest BCUT2D eigenvalue weighted by atomic mass is 9.78. The van der Waals surface area contributed by atoms with E-state index >= 15 is 0 Å². The minimum Gasteiger partial charge on any atom is -0.497 e. The Kier molecular flexibility index (Phi) is 7.05. The van der Waals surface area contributed by atoms with E-state index in [1.807, 2.05) is 4.90 Å². The molecule has 3 fully saturated rings. The summed E-state index contributed by atoms with van der Waals surface area (Å²) in [5.41, 5.74) is 1.09. The topological polar surface area (TPSA) is 70.2 Å². The number of hydrogen-bond acceptors (Lipinski definition) is 5. The van der Waals surface area contributed by atoms with Gasteiger partial charge in [-0.1, -0.05) is 6.07 Å². The number of carbonyl (C=O) groups is 3. The molecule has 7 nitrogen and oxygen atoms in total. The third-order valence-electron chi connectivity index (χ3n) is 8.03. The van der Waals surface area contributed by atoms with E-state index in [0.29, 0.717) is 41.9 Å². The van der Waals surface area contributed by atoms with Crippen LogP contribution in [-0.2, 0) is 9.59 Å². The molecular formula is C28H32FN3O4. The lowest BCUT2D eigenvalue weighted by Crippen LogP contribution is -2.47. The maximum absolute atomic E-state index is 13.2. The van der Waals surface area contributed by atoms with E-state index < -0.39 is 6.04 Å². The van der Waals surface area contributed by atoms with E-state index in [-0.39, 0.29) is 30.0 Å². The predicted molar refractivity (Wildman–Crippen MR) is 133 cm³/mol. The van der Waals surface area contributed by atoms with Crippen molar-refractivity contribution >= 4 is 23.4 Å². The van der Waals surface area contributed by atoms with Crippen LogP contribution in [-0.4, -0.2) is 66.9 Å². The molecule has 2 aromatic rings. The maximum atomic E-state index is 13.2. The first-order valence-electron chi connectivity index (χ1n) is 12.7. The van der Waals surface area contributed by atoms with Crippen molar-refractivity contribution in [3.05, 3.63) is 59.9 Å². The molecule has 1 atom stereocenters. The van der Waals surface area contributed by atoms with Crippen LogP contribution in [0, 0.1) is 17.7 Å². The molecule has 36 heavy (non-hydrogen) atoms. The fourth-order valence-electron chi connectivity index (χ4n) is 5.97. The molecular weight excluding hydrogens is 461 g/mol. The minimum absolute atomic E-state index is 0.0340. The summed E-state index contributed by atoms with van der Waals surface area (Å²) < 4.78 is 18.4. The second kappa shape index (κ2) is 10.4. The highest BCUT2D eigenvalue weighted by atomic mass is 19.1. The van der Waals surface area contributed by atoms with Crippen molar-refractivity contribution in [2.24, 2.45) is 11.8 Å². The van der Waals surface area contributed by atoms with E-state index in [1.54, 1.807) is 43.5 Å². The Balaban J connectivity index is 1.13. The van der Waals surface area contributed by atoms with Gasteiger partial charge in [0.15, 0.2) is 0 Å². The van der Waals surface area contributed by atoms with Crippen LogP contribution in [0.4, 0.5) is 10.1 Å². The zero-order chi connectivity index (χ0) is 25.2. The molecule has 2 aromatic carbocycles. The van der Waals surface area contributed by atoms with Crippen LogP contribution in [0.1, 0.15) is 42.5 Å². The number of halogens is 1. The monoisotopic (exact) mass is 493 g/mol. The second-order valence-electron chi connectivity index (χ2n) is 10.00. The quantitative estimate of drug-likeness (QED) is 0.594. The van der Waals surface area contributed by atoms with Crippen LogP contribution in [0.25, 0.3) is 0 Å². The van der Waals surface area contributed by atoms with Crippen molar-refractivity contribution < 1.29 is 23.5 Å². The van der Waals surface area contributed by atoms with Gasteiger partial charge in [-0.25, -0.2) is 9.29 Å². The highest BCUT2D eigenvalue weighted by Gasteiger charge is 2.44. The number of anilines is 1. The Morgan fingerprint density at radius 1 is 0.917 bits per heavy atom. The molecule has 8 heteroatoms. The standard InChI is InChI=1S/C28H32FN3O4/c1-36-24-4-2-3-23(17-24)32-26(33)18-25(28(32)35)30-13-9-19(10-14-30)20-11-15-31(16-12-20)27(34)21-5-7-22(29)8-6-21/h2-8,17,19-20,25H,9-16,18H2,1H3/t25-/m1/s1. The van der Waals surface area contributed by atoms with E-state index in [4.69, 9.17) is 4.74 Å². The van der Waals surface area contributed by atoms with Crippen LogP contribution in [0.15, 0.2) is 48.5 Å². The largest absolute Gasteiger partial charge is 0.497 e. The Hall–Kier alpha value is -3.26. The van der Waals surface area contributed by atoms with E-state index in [2.05, 4.69) is 4.90 Å². The molecule has 0 aliphatic carbocycles. The number of piperidine rings is 2. The number of imide groups is 1. The molecule has 0 aromatic heterocycles. The summed E-state index contributed by atoms with van der Waals surface area (Å²) >= 11 is 0. The van der Waals surface area contributed by atoms with Crippen LogP contribution in [0.2, 0.25) is 0 Å². The second-order valence-corrected chi connectivity index (χ2v) is 10.00. The number of nitrogens with zero attached hydrogens (tertiary/aromatic N) is 3. The zero-order valence-electron chi connectivity index (χ0n) is 20.6. The number of amides is 3. The SMILES string of the molecule is COc1cccc(N2C(=O)C[C@@H](N3CCC(C4CCN(C(=O)c5ccc(F)cc5)CC4)CC3)C2=O)c1. The van der Waals surface area contributed by atoms with E-state index in [0.717, 1.165) is 38.8 Å². The Bertz CT molecular complexity index is 1120. The molecule has 0 bridgehead atoms. The number of likely N-dealkylation sites (tertiary alicyclic amines) is 2. The maximum Gasteiger partial charge on any atom is 0.253 e. The van der Waals surface area contributed by atoms with Crippen molar-refractivity contribution in [1.29, 1.82) is 0 Å². The average Bonchev–Trinajstić information content (AvgIpc) is 3.22. The number of methoxy groups -OCH3 is 1. The van der Waals surface area contributed by atoms with Crippen LogP contribution in [0.3, 0.4) is 0 Å². The summed E-state index contributed by atoms with van der Waals surface area (Å²) in [6.07, 6.45) is 4.12. The Labute approximate surface area is 210 Å². The fraction of sp³-hybridized carbons (Fsp3) is 0.464. The molecule has 0 spiro atoms. The molecule has 3 amide bonds. The molecule has 190 valence electrons. The van der Waals surface area contributed by atoms with Gasteiger partial charge in [-0.2, -0.15) is 0 Å². The Morgan fingerprint density at radius 3 is 2.19 bits per heavy atom. The normalized spacial score (nSPS) is 22.3. The summed E-state index contributed by atoms with van der Waals surface area (Å²) in [7, 11) is 1.56. The van der Waals surface area contributed by atoms with Gasteiger partial charge < -0.3 is 9.64 Å². The van der Waals surface area contributed by atoms with Crippen LogP contribution < -0.4 is 9.64 Å². The number of benzene rings is 2. The van der Waals surface area contributed by atoms with Gasteiger partial charge in [-0.15, -0.1) is 0 Å². The van der Waals surface area contributed by atoms with Gasteiger partial charge in [0.25, 0.3) is 11.8 Å². The van der Waals surface area contributed by atoms with Crippen molar-refractivity contribution in [3.63, 3.8) is 0 Å². The molecule has 3 aliphatic rings. The summed E-state index contributed by atoms with van der Waals surface area (Å²) in [6, 6.07) is 12.4. The molecule has 0 unspecified atom stereocenters. The predicted octanol–water partition coefficient (Wildman–Crippen LogP) is 3.73. The number of hydrogen-bond donors (Lipinski definition) is 0. The molecule has 0 saturated carbocycles. The van der Waals surface area contributed by atoms with Gasteiger partial charge in [0, 0.05) is 24.7 Å².